The standard InChI is InChI=1S/C8H11NO5S/c10-5-4-9-7-2-1-3-8(6-7)14-15(11,12)13/h1-3,6,9-10H,4-5H2,(H,11,12,13). The molecule has 1 aromatic rings. The lowest BCUT2D eigenvalue weighted by Crippen LogP contribution is -2.08. The van der Waals surface area contributed by atoms with Crippen LogP contribution < -0.4 is 9.50 Å². The molecule has 0 saturated heterocycles. The zero-order chi connectivity index (χ0) is 11.3. The number of nitrogens with one attached hydrogen (secondary N) is 1. The van der Waals surface area contributed by atoms with Gasteiger partial charge in [-0.2, -0.15) is 8.42 Å². The van der Waals surface area contributed by atoms with Crippen LogP contribution >= 0.6 is 0 Å². The molecule has 0 saturated carbocycles. The second-order valence-corrected chi connectivity index (χ2v) is 3.71. The fraction of sp³-hybridized carbons (Fsp3) is 0.250. The Hall–Kier alpha value is -1.31. The molecule has 3 N–H and O–H groups in total. The summed E-state index contributed by atoms with van der Waals surface area (Å²) in [5, 5.41) is 11.4. The zero-order valence-corrected chi connectivity index (χ0v) is 8.57. The zero-order valence-electron chi connectivity index (χ0n) is 7.75. The maximum absolute atomic E-state index is 10.4. The summed E-state index contributed by atoms with van der Waals surface area (Å²) in [6, 6.07) is 6.01. The van der Waals surface area contributed by atoms with E-state index >= 15 is 0 Å². The molecule has 0 spiro atoms. The van der Waals surface area contributed by atoms with Crippen molar-refractivity contribution < 1.29 is 22.3 Å². The molecule has 0 heterocycles. The highest BCUT2D eigenvalue weighted by Gasteiger charge is 2.06. The molecular formula is C8H11NO5S. The second kappa shape index (κ2) is 4.96. The first-order valence-electron chi connectivity index (χ1n) is 4.13. The number of aliphatic hydroxyl groups is 1. The molecule has 0 bridgehead atoms. The Morgan fingerprint density at radius 2 is 2.13 bits per heavy atom. The van der Waals surface area contributed by atoms with Crippen LogP contribution in [0, 0.1) is 0 Å². The summed E-state index contributed by atoms with van der Waals surface area (Å²) in [4.78, 5) is 0. The summed E-state index contributed by atoms with van der Waals surface area (Å²) >= 11 is 0. The van der Waals surface area contributed by atoms with Gasteiger partial charge in [-0.15, -0.1) is 0 Å². The van der Waals surface area contributed by atoms with E-state index in [1.165, 1.54) is 12.1 Å². The van der Waals surface area contributed by atoms with Crippen LogP contribution in [-0.4, -0.2) is 31.2 Å². The summed E-state index contributed by atoms with van der Waals surface area (Å²) in [5.41, 5.74) is 0.588. The summed E-state index contributed by atoms with van der Waals surface area (Å²) in [6.07, 6.45) is 0. The van der Waals surface area contributed by atoms with Gasteiger partial charge in [0.1, 0.15) is 5.75 Å². The van der Waals surface area contributed by atoms with E-state index in [4.69, 9.17) is 9.66 Å². The Balaban J connectivity index is 2.74. The molecule has 1 aromatic carbocycles. The molecule has 0 unspecified atom stereocenters. The average Bonchev–Trinajstić information content (AvgIpc) is 2.12. The Morgan fingerprint density at radius 3 is 2.73 bits per heavy atom. The minimum absolute atomic E-state index is 0.000407. The highest BCUT2D eigenvalue weighted by molar-refractivity contribution is 7.81. The van der Waals surface area contributed by atoms with Crippen molar-refractivity contribution in [2.75, 3.05) is 18.5 Å². The largest absolute Gasteiger partial charge is 0.446 e. The Bertz CT molecular complexity index is 417. The Morgan fingerprint density at radius 1 is 1.40 bits per heavy atom. The lowest BCUT2D eigenvalue weighted by molar-refractivity contribution is 0.311. The molecule has 7 heteroatoms. The van der Waals surface area contributed by atoms with Crippen molar-refractivity contribution in [1.29, 1.82) is 0 Å². The van der Waals surface area contributed by atoms with Crippen LogP contribution in [0.3, 0.4) is 0 Å². The van der Waals surface area contributed by atoms with Gasteiger partial charge in [0.25, 0.3) is 0 Å². The van der Waals surface area contributed by atoms with E-state index in [2.05, 4.69) is 9.50 Å². The molecule has 6 nitrogen and oxygen atoms in total. The summed E-state index contributed by atoms with van der Waals surface area (Å²) in [5.74, 6) is 0.000407. The normalized spacial score (nSPS) is 11.1. The molecule has 0 radical (unpaired) electrons. The fourth-order valence-corrected chi connectivity index (χ4v) is 1.33. The van der Waals surface area contributed by atoms with E-state index in [0.717, 1.165) is 0 Å². The van der Waals surface area contributed by atoms with E-state index in [-0.39, 0.29) is 12.4 Å². The number of rotatable bonds is 5. The smallest absolute Gasteiger partial charge is 0.395 e. The van der Waals surface area contributed by atoms with Crippen molar-refractivity contribution in [3.05, 3.63) is 24.3 Å². The van der Waals surface area contributed by atoms with E-state index in [0.29, 0.717) is 12.2 Å². The van der Waals surface area contributed by atoms with Gasteiger partial charge in [-0.3, -0.25) is 4.55 Å². The van der Waals surface area contributed by atoms with Gasteiger partial charge < -0.3 is 14.6 Å². The van der Waals surface area contributed by atoms with E-state index < -0.39 is 10.4 Å². The van der Waals surface area contributed by atoms with Gasteiger partial charge in [0, 0.05) is 18.3 Å². The molecule has 0 amide bonds. The number of benzene rings is 1. The minimum Gasteiger partial charge on any atom is -0.395 e. The van der Waals surface area contributed by atoms with Crippen molar-refractivity contribution in [2.24, 2.45) is 0 Å². The number of aliphatic hydroxyl groups excluding tert-OH is 1. The summed E-state index contributed by atoms with van der Waals surface area (Å²) < 4.78 is 33.5. The molecule has 1 rings (SSSR count). The Labute approximate surface area is 87.5 Å². The lowest BCUT2D eigenvalue weighted by atomic mass is 10.3. The van der Waals surface area contributed by atoms with Gasteiger partial charge in [-0.05, 0) is 12.1 Å². The SMILES string of the molecule is O=S(=O)(O)Oc1cccc(NCCO)c1. The first kappa shape index (κ1) is 11.8. The van der Waals surface area contributed by atoms with Crippen molar-refractivity contribution in [3.63, 3.8) is 0 Å². The van der Waals surface area contributed by atoms with Crippen LogP contribution in [0.5, 0.6) is 5.75 Å². The fourth-order valence-electron chi connectivity index (χ4n) is 0.980. The molecule has 0 atom stereocenters. The summed E-state index contributed by atoms with van der Waals surface area (Å²) in [6.45, 7) is 0.304. The second-order valence-electron chi connectivity index (χ2n) is 2.69. The van der Waals surface area contributed by atoms with Crippen molar-refractivity contribution in [2.45, 2.75) is 0 Å². The highest BCUT2D eigenvalue weighted by atomic mass is 32.3. The van der Waals surface area contributed by atoms with Gasteiger partial charge in [0.15, 0.2) is 0 Å². The van der Waals surface area contributed by atoms with Crippen LogP contribution in [0.2, 0.25) is 0 Å². The molecule has 0 aliphatic heterocycles. The van der Waals surface area contributed by atoms with E-state index in [9.17, 15) is 8.42 Å². The maximum atomic E-state index is 10.4. The third-order valence-corrected chi connectivity index (χ3v) is 1.88. The maximum Gasteiger partial charge on any atom is 0.446 e. The average molecular weight is 233 g/mol. The lowest BCUT2D eigenvalue weighted by Gasteiger charge is -2.06. The van der Waals surface area contributed by atoms with Gasteiger partial charge in [0.2, 0.25) is 0 Å². The number of hydrogen-bond donors (Lipinski definition) is 3. The highest BCUT2D eigenvalue weighted by Crippen LogP contribution is 2.18. The third kappa shape index (κ3) is 4.63. The Kier molecular flexibility index (Phi) is 3.89. The van der Waals surface area contributed by atoms with Crippen molar-refractivity contribution >= 4 is 16.1 Å². The van der Waals surface area contributed by atoms with Crippen LogP contribution in [0.25, 0.3) is 0 Å². The monoisotopic (exact) mass is 233 g/mol. The molecule has 0 aromatic heterocycles. The molecular weight excluding hydrogens is 222 g/mol. The predicted octanol–water partition coefficient (Wildman–Crippen LogP) is 0.272. The molecule has 0 fully saturated rings. The van der Waals surface area contributed by atoms with Crippen LogP contribution in [0.4, 0.5) is 5.69 Å². The van der Waals surface area contributed by atoms with Crippen molar-refractivity contribution in [1.82, 2.24) is 0 Å². The molecule has 0 aliphatic rings. The van der Waals surface area contributed by atoms with Crippen LogP contribution in [0.15, 0.2) is 24.3 Å². The van der Waals surface area contributed by atoms with Crippen LogP contribution in [-0.2, 0) is 10.4 Å². The molecule has 15 heavy (non-hydrogen) atoms. The quantitative estimate of drug-likeness (QED) is 0.632. The number of anilines is 1. The molecule has 84 valence electrons. The van der Waals surface area contributed by atoms with Crippen molar-refractivity contribution in [3.8, 4) is 5.75 Å². The van der Waals surface area contributed by atoms with Gasteiger partial charge >= 0.3 is 10.4 Å². The molecule has 0 aliphatic carbocycles. The first-order chi connectivity index (χ1) is 7.01. The minimum atomic E-state index is -4.49. The number of hydrogen-bond acceptors (Lipinski definition) is 5. The van der Waals surface area contributed by atoms with Gasteiger partial charge in [0.05, 0.1) is 6.61 Å². The predicted molar refractivity (Wildman–Crippen MR) is 54.2 cm³/mol. The topological polar surface area (TPSA) is 95.9 Å². The van der Waals surface area contributed by atoms with E-state index in [1.54, 1.807) is 12.1 Å². The van der Waals surface area contributed by atoms with E-state index in [1.807, 2.05) is 0 Å². The third-order valence-electron chi connectivity index (χ3n) is 1.48. The van der Waals surface area contributed by atoms with Gasteiger partial charge in [-0.1, -0.05) is 6.07 Å². The van der Waals surface area contributed by atoms with Crippen LogP contribution in [0.1, 0.15) is 0 Å². The first-order valence-corrected chi connectivity index (χ1v) is 5.49. The summed E-state index contributed by atoms with van der Waals surface area (Å²) in [7, 11) is -4.49. The van der Waals surface area contributed by atoms with Gasteiger partial charge in [-0.25, -0.2) is 0 Å².